The van der Waals surface area contributed by atoms with Gasteiger partial charge in [-0.3, -0.25) is 10.1 Å². The highest BCUT2D eigenvalue weighted by atomic mass is 32.2. The minimum atomic E-state index is -3.93. The highest BCUT2D eigenvalue weighted by molar-refractivity contribution is 7.89. The third-order valence-corrected chi connectivity index (χ3v) is 4.49. The van der Waals surface area contributed by atoms with Crippen LogP contribution in [0.25, 0.3) is 0 Å². The Kier molecular flexibility index (Phi) is 5.02. The van der Waals surface area contributed by atoms with Gasteiger partial charge in [0.05, 0.1) is 9.82 Å². The SMILES string of the molecule is O=[N+]([O-])c1cccc(S(=O)(=O)NCCc2ccc(F)c(F)c2)c1. The number of hydrogen-bond acceptors (Lipinski definition) is 4. The van der Waals surface area contributed by atoms with Crippen molar-refractivity contribution in [3.05, 3.63) is 69.8 Å². The number of benzene rings is 2. The molecule has 0 amide bonds. The van der Waals surface area contributed by atoms with Gasteiger partial charge in [-0.25, -0.2) is 21.9 Å². The lowest BCUT2D eigenvalue weighted by Crippen LogP contribution is -2.26. The third kappa shape index (κ3) is 4.30. The molecule has 23 heavy (non-hydrogen) atoms. The van der Waals surface area contributed by atoms with Crippen molar-refractivity contribution in [1.82, 2.24) is 4.72 Å². The second-order valence-electron chi connectivity index (χ2n) is 4.65. The highest BCUT2D eigenvalue weighted by Crippen LogP contribution is 2.17. The number of nitro benzene ring substituents is 1. The third-order valence-electron chi connectivity index (χ3n) is 3.03. The molecule has 0 unspecified atom stereocenters. The molecule has 0 saturated heterocycles. The lowest BCUT2D eigenvalue weighted by molar-refractivity contribution is -0.385. The largest absolute Gasteiger partial charge is 0.270 e. The smallest absolute Gasteiger partial charge is 0.258 e. The van der Waals surface area contributed by atoms with Gasteiger partial charge in [-0.05, 0) is 30.2 Å². The van der Waals surface area contributed by atoms with Gasteiger partial charge < -0.3 is 0 Å². The van der Waals surface area contributed by atoms with E-state index in [4.69, 9.17) is 0 Å². The average molecular weight is 342 g/mol. The zero-order valence-corrected chi connectivity index (χ0v) is 12.5. The summed E-state index contributed by atoms with van der Waals surface area (Å²) in [7, 11) is -3.93. The lowest BCUT2D eigenvalue weighted by atomic mass is 10.1. The van der Waals surface area contributed by atoms with Crippen LogP contribution >= 0.6 is 0 Å². The normalized spacial score (nSPS) is 11.4. The molecule has 0 atom stereocenters. The number of non-ortho nitro benzene ring substituents is 1. The molecule has 122 valence electrons. The Bertz CT molecular complexity index is 840. The van der Waals surface area contributed by atoms with Crippen LogP contribution in [0.15, 0.2) is 47.4 Å². The molecule has 0 aliphatic rings. The minimum Gasteiger partial charge on any atom is -0.258 e. The summed E-state index contributed by atoms with van der Waals surface area (Å²) in [5.41, 5.74) is 0.0825. The Morgan fingerprint density at radius 1 is 1.09 bits per heavy atom. The van der Waals surface area contributed by atoms with Crippen LogP contribution in [-0.2, 0) is 16.4 Å². The van der Waals surface area contributed by atoms with Crippen molar-refractivity contribution in [2.24, 2.45) is 0 Å². The van der Waals surface area contributed by atoms with Gasteiger partial charge >= 0.3 is 0 Å². The molecule has 6 nitrogen and oxygen atoms in total. The number of sulfonamides is 1. The number of halogens is 2. The topological polar surface area (TPSA) is 89.3 Å². The van der Waals surface area contributed by atoms with Gasteiger partial charge in [0.15, 0.2) is 11.6 Å². The predicted molar refractivity (Wildman–Crippen MR) is 78.3 cm³/mol. The van der Waals surface area contributed by atoms with E-state index in [2.05, 4.69) is 4.72 Å². The lowest BCUT2D eigenvalue weighted by Gasteiger charge is -2.07. The number of nitrogens with zero attached hydrogens (tertiary/aromatic N) is 1. The molecule has 0 aromatic heterocycles. The Morgan fingerprint density at radius 3 is 2.48 bits per heavy atom. The van der Waals surface area contributed by atoms with Crippen LogP contribution in [0.5, 0.6) is 0 Å². The predicted octanol–water partition coefficient (Wildman–Crippen LogP) is 2.39. The van der Waals surface area contributed by atoms with Crippen LogP contribution in [0.4, 0.5) is 14.5 Å². The van der Waals surface area contributed by atoms with Crippen LogP contribution in [0.3, 0.4) is 0 Å². The second kappa shape index (κ2) is 6.80. The Balaban J connectivity index is 2.05. The van der Waals surface area contributed by atoms with Gasteiger partial charge in [0.2, 0.25) is 10.0 Å². The van der Waals surface area contributed by atoms with Crippen molar-refractivity contribution in [3.63, 3.8) is 0 Å². The first-order valence-electron chi connectivity index (χ1n) is 6.47. The molecular formula is C14H12F2N2O4S. The van der Waals surface area contributed by atoms with Crippen molar-refractivity contribution < 1.29 is 22.1 Å². The van der Waals surface area contributed by atoms with Crippen LogP contribution in [0.2, 0.25) is 0 Å². The fourth-order valence-corrected chi connectivity index (χ4v) is 2.94. The van der Waals surface area contributed by atoms with Gasteiger partial charge in [0, 0.05) is 18.7 Å². The maximum absolute atomic E-state index is 13.0. The molecule has 0 bridgehead atoms. The molecule has 2 rings (SSSR count). The summed E-state index contributed by atoms with van der Waals surface area (Å²) < 4.78 is 52.2. The van der Waals surface area contributed by atoms with Crippen LogP contribution in [0.1, 0.15) is 5.56 Å². The van der Waals surface area contributed by atoms with E-state index in [0.29, 0.717) is 5.56 Å². The maximum Gasteiger partial charge on any atom is 0.270 e. The van der Waals surface area contributed by atoms with Crippen molar-refractivity contribution in [1.29, 1.82) is 0 Å². The van der Waals surface area contributed by atoms with E-state index in [9.17, 15) is 27.3 Å². The van der Waals surface area contributed by atoms with Crippen LogP contribution in [-0.4, -0.2) is 19.9 Å². The van der Waals surface area contributed by atoms with E-state index >= 15 is 0 Å². The molecule has 0 aliphatic heterocycles. The van der Waals surface area contributed by atoms with Crippen LogP contribution < -0.4 is 4.72 Å². The Hall–Kier alpha value is -2.39. The number of nitrogens with one attached hydrogen (secondary N) is 1. The Morgan fingerprint density at radius 2 is 1.83 bits per heavy atom. The number of hydrogen-bond donors (Lipinski definition) is 1. The molecule has 0 aliphatic carbocycles. The molecule has 0 fully saturated rings. The fourth-order valence-electron chi connectivity index (χ4n) is 1.87. The molecule has 2 aromatic rings. The summed E-state index contributed by atoms with van der Waals surface area (Å²) in [5.74, 6) is -1.99. The summed E-state index contributed by atoms with van der Waals surface area (Å²) in [5, 5.41) is 10.7. The fraction of sp³-hybridized carbons (Fsp3) is 0.143. The summed E-state index contributed by atoms with van der Waals surface area (Å²) in [6.07, 6.45) is 0.144. The molecule has 0 spiro atoms. The zero-order chi connectivity index (χ0) is 17.0. The molecule has 0 heterocycles. The van der Waals surface area contributed by atoms with E-state index in [-0.39, 0.29) is 23.5 Å². The average Bonchev–Trinajstić information content (AvgIpc) is 2.51. The van der Waals surface area contributed by atoms with E-state index in [0.717, 1.165) is 18.2 Å². The van der Waals surface area contributed by atoms with Crippen molar-refractivity contribution >= 4 is 15.7 Å². The van der Waals surface area contributed by atoms with Gasteiger partial charge in [-0.2, -0.15) is 0 Å². The molecule has 1 N–H and O–H groups in total. The van der Waals surface area contributed by atoms with Gasteiger partial charge in [-0.1, -0.05) is 12.1 Å². The number of nitro groups is 1. The standard InChI is InChI=1S/C14H12F2N2O4S/c15-13-5-4-10(8-14(13)16)6-7-17-23(21,22)12-3-1-2-11(9-12)18(19)20/h1-5,8-9,17H,6-7H2. The zero-order valence-electron chi connectivity index (χ0n) is 11.7. The first kappa shape index (κ1) is 17.0. The van der Waals surface area contributed by atoms with E-state index in [1.807, 2.05) is 0 Å². The summed E-state index contributed by atoms with van der Waals surface area (Å²) in [6, 6.07) is 7.91. The Labute approximate surface area is 131 Å². The molecule has 0 radical (unpaired) electrons. The first-order valence-corrected chi connectivity index (χ1v) is 7.96. The molecule has 0 saturated carbocycles. The molecule has 2 aromatic carbocycles. The van der Waals surface area contributed by atoms with Crippen molar-refractivity contribution in [3.8, 4) is 0 Å². The van der Waals surface area contributed by atoms with Crippen molar-refractivity contribution in [2.45, 2.75) is 11.3 Å². The highest BCUT2D eigenvalue weighted by Gasteiger charge is 2.17. The monoisotopic (exact) mass is 342 g/mol. The quantitative estimate of drug-likeness (QED) is 0.645. The first-order chi connectivity index (χ1) is 10.8. The van der Waals surface area contributed by atoms with Crippen molar-refractivity contribution in [2.75, 3.05) is 6.54 Å². The minimum absolute atomic E-state index is 0.0594. The van der Waals surface area contributed by atoms with E-state index < -0.39 is 26.6 Å². The van der Waals surface area contributed by atoms with Crippen LogP contribution in [0, 0.1) is 21.7 Å². The number of rotatable bonds is 6. The summed E-state index contributed by atoms with van der Waals surface area (Å²) in [4.78, 5) is 9.73. The van der Waals surface area contributed by atoms with Gasteiger partial charge in [-0.15, -0.1) is 0 Å². The maximum atomic E-state index is 13.0. The second-order valence-corrected chi connectivity index (χ2v) is 6.42. The molecule has 9 heteroatoms. The summed E-state index contributed by atoms with van der Waals surface area (Å²) in [6.45, 7) is -0.0594. The van der Waals surface area contributed by atoms with Gasteiger partial charge in [0.25, 0.3) is 5.69 Å². The van der Waals surface area contributed by atoms with E-state index in [1.54, 1.807) is 0 Å². The van der Waals surface area contributed by atoms with Gasteiger partial charge in [0.1, 0.15) is 0 Å². The summed E-state index contributed by atoms with van der Waals surface area (Å²) >= 11 is 0. The molecular weight excluding hydrogens is 330 g/mol. The van der Waals surface area contributed by atoms with E-state index in [1.165, 1.54) is 24.3 Å².